The Morgan fingerprint density at radius 2 is 2.28 bits per heavy atom. The van der Waals surface area contributed by atoms with Crippen molar-refractivity contribution in [2.24, 2.45) is 0 Å². The second-order valence-corrected chi connectivity index (χ2v) is 8.91. The number of nitrogens with one attached hydrogen (secondary N) is 1. The average molecular weight is 432 g/mol. The SMILES string of the molecule is C=CCn1c(SC(C)C(=O)NCCC2=CCCCC2)nc2cc(Cl)ccc2c1=O. The summed E-state index contributed by atoms with van der Waals surface area (Å²) in [6.45, 7) is 6.52. The number of hydrogen-bond donors (Lipinski definition) is 1. The van der Waals surface area contributed by atoms with E-state index in [9.17, 15) is 9.59 Å². The molecule has 1 aromatic heterocycles. The van der Waals surface area contributed by atoms with E-state index >= 15 is 0 Å². The van der Waals surface area contributed by atoms with Gasteiger partial charge in [-0.2, -0.15) is 0 Å². The van der Waals surface area contributed by atoms with Crippen LogP contribution in [0.2, 0.25) is 5.02 Å². The van der Waals surface area contributed by atoms with Gasteiger partial charge >= 0.3 is 0 Å². The number of carbonyl (C=O) groups is 1. The maximum Gasteiger partial charge on any atom is 0.262 e. The van der Waals surface area contributed by atoms with E-state index in [1.54, 1.807) is 28.8 Å². The number of thioether (sulfide) groups is 1. The summed E-state index contributed by atoms with van der Waals surface area (Å²) < 4.78 is 1.55. The predicted molar refractivity (Wildman–Crippen MR) is 121 cm³/mol. The highest BCUT2D eigenvalue weighted by Crippen LogP contribution is 2.24. The monoisotopic (exact) mass is 431 g/mol. The van der Waals surface area contributed by atoms with Crippen molar-refractivity contribution in [3.8, 4) is 0 Å². The second-order valence-electron chi connectivity index (χ2n) is 7.17. The smallest absolute Gasteiger partial charge is 0.262 e. The van der Waals surface area contributed by atoms with Crippen LogP contribution in [0.5, 0.6) is 0 Å². The molecule has 2 aromatic rings. The van der Waals surface area contributed by atoms with E-state index in [-0.39, 0.29) is 16.7 Å². The Labute approximate surface area is 180 Å². The van der Waals surface area contributed by atoms with E-state index in [0.29, 0.717) is 34.2 Å². The van der Waals surface area contributed by atoms with Crippen LogP contribution < -0.4 is 10.9 Å². The van der Waals surface area contributed by atoms with Gasteiger partial charge in [0.1, 0.15) is 0 Å². The van der Waals surface area contributed by atoms with Gasteiger partial charge in [-0.25, -0.2) is 4.98 Å². The Morgan fingerprint density at radius 1 is 1.45 bits per heavy atom. The molecule has 0 saturated carbocycles. The average Bonchev–Trinajstić information content (AvgIpc) is 2.71. The van der Waals surface area contributed by atoms with Crippen LogP contribution in [0.1, 0.15) is 39.0 Å². The third-order valence-corrected chi connectivity index (χ3v) is 6.30. The van der Waals surface area contributed by atoms with Gasteiger partial charge in [-0.05, 0) is 57.2 Å². The standard InChI is InChI=1S/C22H26ClN3O2S/c1-3-13-26-21(28)18-10-9-17(23)14-19(18)25-22(26)29-15(2)20(27)24-12-11-16-7-5-4-6-8-16/h3,7,9-10,14-15H,1,4-6,8,11-13H2,2H3,(H,24,27). The molecule has 5 nitrogen and oxygen atoms in total. The van der Waals surface area contributed by atoms with Crippen molar-refractivity contribution < 1.29 is 4.79 Å². The lowest BCUT2D eigenvalue weighted by atomic mass is 9.97. The molecule has 1 atom stereocenters. The van der Waals surface area contributed by atoms with Gasteiger partial charge in [0.25, 0.3) is 5.56 Å². The highest BCUT2D eigenvalue weighted by Gasteiger charge is 2.19. The molecule has 1 amide bonds. The van der Waals surface area contributed by atoms with E-state index < -0.39 is 0 Å². The van der Waals surface area contributed by atoms with Gasteiger partial charge < -0.3 is 5.32 Å². The minimum absolute atomic E-state index is 0.0583. The maximum atomic E-state index is 12.9. The molecule has 1 aromatic carbocycles. The van der Waals surface area contributed by atoms with Crippen molar-refractivity contribution in [3.05, 3.63) is 57.9 Å². The molecule has 7 heteroatoms. The Bertz CT molecular complexity index is 999. The molecule has 1 aliphatic rings. The molecule has 29 heavy (non-hydrogen) atoms. The van der Waals surface area contributed by atoms with Gasteiger partial charge in [-0.1, -0.05) is 41.1 Å². The molecule has 0 bridgehead atoms. The first kappa shape index (κ1) is 21.7. The zero-order valence-corrected chi connectivity index (χ0v) is 18.2. The fourth-order valence-electron chi connectivity index (χ4n) is 3.39. The molecule has 0 aliphatic heterocycles. The number of halogens is 1. The molecular formula is C22H26ClN3O2S. The molecular weight excluding hydrogens is 406 g/mol. The number of aromatic nitrogens is 2. The number of fused-ring (bicyclic) bond motifs is 1. The molecule has 3 rings (SSSR count). The van der Waals surface area contributed by atoms with Crippen molar-refractivity contribution >= 4 is 40.2 Å². The highest BCUT2D eigenvalue weighted by molar-refractivity contribution is 8.00. The third-order valence-electron chi connectivity index (χ3n) is 4.98. The van der Waals surface area contributed by atoms with Crippen LogP contribution in [-0.4, -0.2) is 27.3 Å². The van der Waals surface area contributed by atoms with Crippen molar-refractivity contribution in [1.82, 2.24) is 14.9 Å². The van der Waals surface area contributed by atoms with Crippen LogP contribution in [0.25, 0.3) is 10.9 Å². The van der Waals surface area contributed by atoms with Crippen LogP contribution in [0.15, 0.2) is 52.5 Å². The Balaban J connectivity index is 1.72. The minimum atomic E-state index is -0.380. The van der Waals surface area contributed by atoms with Crippen LogP contribution >= 0.6 is 23.4 Å². The van der Waals surface area contributed by atoms with Crippen LogP contribution in [-0.2, 0) is 11.3 Å². The summed E-state index contributed by atoms with van der Waals surface area (Å²) in [7, 11) is 0. The van der Waals surface area contributed by atoms with Crippen LogP contribution in [0.3, 0.4) is 0 Å². The van der Waals surface area contributed by atoms with E-state index in [4.69, 9.17) is 11.6 Å². The molecule has 1 N–H and O–H groups in total. The molecule has 154 valence electrons. The summed E-state index contributed by atoms with van der Waals surface area (Å²) in [4.78, 5) is 30.0. The number of nitrogens with zero attached hydrogens (tertiary/aromatic N) is 2. The summed E-state index contributed by atoms with van der Waals surface area (Å²) in [5, 5.41) is 4.13. The first-order valence-electron chi connectivity index (χ1n) is 9.93. The van der Waals surface area contributed by atoms with Gasteiger partial charge in [0, 0.05) is 18.1 Å². The number of carbonyl (C=O) groups excluding carboxylic acids is 1. The van der Waals surface area contributed by atoms with E-state index in [0.717, 1.165) is 19.3 Å². The first-order valence-corrected chi connectivity index (χ1v) is 11.2. The quantitative estimate of drug-likeness (QED) is 0.373. The number of benzene rings is 1. The summed E-state index contributed by atoms with van der Waals surface area (Å²) in [6.07, 6.45) is 9.64. The maximum absolute atomic E-state index is 12.9. The van der Waals surface area contributed by atoms with Crippen LogP contribution in [0, 0.1) is 0 Å². The Morgan fingerprint density at radius 3 is 3.00 bits per heavy atom. The van der Waals surface area contributed by atoms with Gasteiger partial charge in [-0.15, -0.1) is 6.58 Å². The molecule has 0 radical (unpaired) electrons. The van der Waals surface area contributed by atoms with Gasteiger partial charge in [0.15, 0.2) is 5.16 Å². The first-order chi connectivity index (χ1) is 14.0. The molecule has 1 heterocycles. The largest absolute Gasteiger partial charge is 0.355 e. The molecule has 1 aliphatic carbocycles. The minimum Gasteiger partial charge on any atom is -0.355 e. The number of rotatable bonds is 8. The van der Waals surface area contributed by atoms with E-state index in [2.05, 4.69) is 23.0 Å². The number of allylic oxidation sites excluding steroid dienone is 2. The lowest BCUT2D eigenvalue weighted by molar-refractivity contribution is -0.120. The van der Waals surface area contributed by atoms with E-state index in [1.165, 1.54) is 30.2 Å². The molecule has 1 unspecified atom stereocenters. The normalized spacial score (nSPS) is 15.0. The van der Waals surface area contributed by atoms with Crippen molar-refractivity contribution in [2.45, 2.75) is 56.0 Å². The third kappa shape index (κ3) is 5.52. The summed E-state index contributed by atoms with van der Waals surface area (Å²) >= 11 is 7.33. The summed E-state index contributed by atoms with van der Waals surface area (Å²) in [6, 6.07) is 5.02. The topological polar surface area (TPSA) is 64.0 Å². The molecule has 0 fully saturated rings. The van der Waals surface area contributed by atoms with Gasteiger partial charge in [-0.3, -0.25) is 14.2 Å². The summed E-state index contributed by atoms with van der Waals surface area (Å²) in [5.74, 6) is -0.0583. The number of hydrogen-bond acceptors (Lipinski definition) is 4. The van der Waals surface area contributed by atoms with E-state index in [1.807, 2.05) is 6.92 Å². The lowest BCUT2D eigenvalue weighted by Crippen LogP contribution is -2.33. The molecule has 0 spiro atoms. The molecule has 0 saturated heterocycles. The van der Waals surface area contributed by atoms with Crippen LogP contribution in [0.4, 0.5) is 0 Å². The fraction of sp³-hybridized carbons (Fsp3) is 0.409. The van der Waals surface area contributed by atoms with Crippen molar-refractivity contribution in [3.63, 3.8) is 0 Å². The van der Waals surface area contributed by atoms with Crippen molar-refractivity contribution in [2.75, 3.05) is 6.54 Å². The predicted octanol–water partition coefficient (Wildman–Crippen LogP) is 4.72. The number of amides is 1. The highest BCUT2D eigenvalue weighted by atomic mass is 35.5. The second kappa shape index (κ2) is 10.1. The lowest BCUT2D eigenvalue weighted by Gasteiger charge is -2.16. The van der Waals surface area contributed by atoms with Crippen molar-refractivity contribution in [1.29, 1.82) is 0 Å². The van der Waals surface area contributed by atoms with Gasteiger partial charge in [0.05, 0.1) is 16.2 Å². The fourth-order valence-corrected chi connectivity index (χ4v) is 4.50. The van der Waals surface area contributed by atoms with Gasteiger partial charge in [0.2, 0.25) is 5.91 Å². The zero-order chi connectivity index (χ0) is 20.8. The Hall–Kier alpha value is -2.05. The zero-order valence-electron chi connectivity index (χ0n) is 16.6. The Kier molecular flexibility index (Phi) is 7.56. The summed E-state index contributed by atoms with van der Waals surface area (Å²) in [5.41, 5.74) is 1.80.